The first-order valence-electron chi connectivity index (χ1n) is 8.99. The van der Waals surface area contributed by atoms with Gasteiger partial charge in [-0.25, -0.2) is 9.59 Å². The first kappa shape index (κ1) is 19.4. The third-order valence-corrected chi connectivity index (χ3v) is 4.59. The molecule has 2 aromatic rings. The van der Waals surface area contributed by atoms with Crippen molar-refractivity contribution in [2.45, 2.75) is 25.1 Å². The van der Waals surface area contributed by atoms with Gasteiger partial charge in [0.2, 0.25) is 0 Å². The van der Waals surface area contributed by atoms with Crippen LogP contribution >= 0.6 is 0 Å². The van der Waals surface area contributed by atoms with Gasteiger partial charge in [-0.05, 0) is 18.1 Å². The molecule has 0 bridgehead atoms. The molecule has 0 aliphatic carbocycles. The molecule has 7 heteroatoms. The van der Waals surface area contributed by atoms with Crippen LogP contribution in [-0.2, 0) is 26.4 Å². The second-order valence-corrected chi connectivity index (χ2v) is 6.52. The second kappa shape index (κ2) is 8.56. The number of hydrogen-bond acceptors (Lipinski definition) is 6. The Morgan fingerprint density at radius 3 is 2.43 bits per heavy atom. The highest BCUT2D eigenvalue weighted by Crippen LogP contribution is 2.27. The summed E-state index contributed by atoms with van der Waals surface area (Å²) in [6.45, 7) is 2.13. The van der Waals surface area contributed by atoms with Crippen LogP contribution in [0.3, 0.4) is 0 Å². The number of amidine groups is 1. The summed E-state index contributed by atoms with van der Waals surface area (Å²) in [4.78, 5) is 29.1. The summed E-state index contributed by atoms with van der Waals surface area (Å²) in [6, 6.07) is 18.2. The Hall–Kier alpha value is -3.35. The van der Waals surface area contributed by atoms with E-state index in [4.69, 9.17) is 9.47 Å². The largest absolute Gasteiger partial charge is 0.467 e. The van der Waals surface area contributed by atoms with Crippen molar-refractivity contribution >= 4 is 17.9 Å². The van der Waals surface area contributed by atoms with E-state index in [0.29, 0.717) is 5.84 Å². The third kappa shape index (κ3) is 4.14. The Bertz CT molecular complexity index is 854. The quantitative estimate of drug-likeness (QED) is 0.750. The standard InChI is InChI=1S/C21H23N3O4/c1-15(23-20(26)28-13-16-9-5-3-6-10-16)18-22-14-21(24-18,19(25)27-2)17-11-7-4-8-12-17/h3-12,15H,13-14H2,1-2H3,(H,22,24)(H,23,26). The highest BCUT2D eigenvalue weighted by Gasteiger charge is 2.46. The molecule has 146 valence electrons. The predicted molar refractivity (Wildman–Crippen MR) is 105 cm³/mol. The molecular formula is C21H23N3O4. The number of amides is 1. The molecule has 7 nitrogen and oxygen atoms in total. The van der Waals surface area contributed by atoms with Crippen molar-refractivity contribution in [2.24, 2.45) is 4.99 Å². The third-order valence-electron chi connectivity index (χ3n) is 4.59. The summed E-state index contributed by atoms with van der Waals surface area (Å²) in [5.41, 5.74) is 0.546. The maximum atomic E-state index is 12.5. The monoisotopic (exact) mass is 381 g/mol. The van der Waals surface area contributed by atoms with Crippen molar-refractivity contribution in [1.82, 2.24) is 10.6 Å². The second-order valence-electron chi connectivity index (χ2n) is 6.52. The van der Waals surface area contributed by atoms with Gasteiger partial charge in [-0.3, -0.25) is 4.99 Å². The summed E-state index contributed by atoms with van der Waals surface area (Å²) in [6.07, 6.45) is -0.559. The van der Waals surface area contributed by atoms with Crippen molar-refractivity contribution in [3.8, 4) is 0 Å². The summed E-state index contributed by atoms with van der Waals surface area (Å²) < 4.78 is 10.2. The molecule has 1 amide bonds. The number of esters is 1. The van der Waals surface area contributed by atoms with E-state index < -0.39 is 23.6 Å². The van der Waals surface area contributed by atoms with E-state index >= 15 is 0 Å². The van der Waals surface area contributed by atoms with E-state index in [1.54, 1.807) is 6.92 Å². The molecule has 28 heavy (non-hydrogen) atoms. The van der Waals surface area contributed by atoms with E-state index in [2.05, 4.69) is 15.6 Å². The summed E-state index contributed by atoms with van der Waals surface area (Å²) in [5, 5.41) is 5.89. The number of ether oxygens (including phenoxy) is 2. The molecular weight excluding hydrogens is 358 g/mol. The van der Waals surface area contributed by atoms with Crippen molar-refractivity contribution in [3.63, 3.8) is 0 Å². The average Bonchev–Trinajstić information content (AvgIpc) is 3.20. The minimum absolute atomic E-state index is 0.176. The SMILES string of the molecule is COC(=O)C1(c2ccccc2)CN=C(C(C)NC(=O)OCc2ccccc2)N1. The van der Waals surface area contributed by atoms with Gasteiger partial charge in [-0.1, -0.05) is 60.7 Å². The number of benzene rings is 2. The van der Waals surface area contributed by atoms with Gasteiger partial charge in [0.05, 0.1) is 19.7 Å². The number of rotatable bonds is 6. The van der Waals surface area contributed by atoms with Crippen LogP contribution in [0.25, 0.3) is 0 Å². The fraction of sp³-hybridized carbons (Fsp3) is 0.286. The minimum Gasteiger partial charge on any atom is -0.467 e. The number of carbonyl (C=O) groups excluding carboxylic acids is 2. The molecule has 0 aromatic heterocycles. The Morgan fingerprint density at radius 2 is 1.79 bits per heavy atom. The number of methoxy groups -OCH3 is 1. The topological polar surface area (TPSA) is 89.0 Å². The van der Waals surface area contributed by atoms with Crippen LogP contribution in [0.2, 0.25) is 0 Å². The number of carbonyl (C=O) groups is 2. The molecule has 3 rings (SSSR count). The molecule has 0 saturated heterocycles. The number of alkyl carbamates (subject to hydrolysis) is 1. The first-order chi connectivity index (χ1) is 13.5. The van der Waals surface area contributed by atoms with Gasteiger partial charge in [-0.2, -0.15) is 0 Å². The Morgan fingerprint density at radius 1 is 1.14 bits per heavy atom. The lowest BCUT2D eigenvalue weighted by molar-refractivity contribution is -0.147. The van der Waals surface area contributed by atoms with Gasteiger partial charge < -0.3 is 20.1 Å². The number of aliphatic imine (C=N–C) groups is 1. The fourth-order valence-corrected chi connectivity index (χ4v) is 3.05. The smallest absolute Gasteiger partial charge is 0.408 e. The molecule has 0 radical (unpaired) electrons. The Labute approximate surface area is 163 Å². The number of hydrogen-bond donors (Lipinski definition) is 2. The number of nitrogens with one attached hydrogen (secondary N) is 2. The Kier molecular flexibility index (Phi) is 5.93. The van der Waals surface area contributed by atoms with Gasteiger partial charge >= 0.3 is 12.1 Å². The number of nitrogens with zero attached hydrogens (tertiary/aromatic N) is 1. The van der Waals surface area contributed by atoms with Gasteiger partial charge in [-0.15, -0.1) is 0 Å². The maximum absolute atomic E-state index is 12.5. The van der Waals surface area contributed by atoms with Crippen LogP contribution in [0, 0.1) is 0 Å². The molecule has 0 fully saturated rings. The van der Waals surface area contributed by atoms with Crippen LogP contribution in [0.15, 0.2) is 65.7 Å². The van der Waals surface area contributed by atoms with Crippen molar-refractivity contribution in [2.75, 3.05) is 13.7 Å². The van der Waals surface area contributed by atoms with Crippen molar-refractivity contribution in [1.29, 1.82) is 0 Å². The maximum Gasteiger partial charge on any atom is 0.408 e. The van der Waals surface area contributed by atoms with Crippen LogP contribution in [0.4, 0.5) is 4.79 Å². The average molecular weight is 381 g/mol. The van der Waals surface area contributed by atoms with E-state index in [1.807, 2.05) is 60.7 Å². The molecule has 2 N–H and O–H groups in total. The molecule has 2 atom stereocenters. The Balaban J connectivity index is 1.62. The molecule has 2 aromatic carbocycles. The van der Waals surface area contributed by atoms with E-state index in [0.717, 1.165) is 11.1 Å². The first-order valence-corrected chi connectivity index (χ1v) is 8.99. The van der Waals surface area contributed by atoms with Gasteiger partial charge in [0.1, 0.15) is 12.4 Å². The highest BCUT2D eigenvalue weighted by atomic mass is 16.5. The minimum atomic E-state index is -1.10. The molecule has 1 aliphatic rings. The van der Waals surface area contributed by atoms with Crippen LogP contribution in [-0.4, -0.2) is 37.6 Å². The van der Waals surface area contributed by atoms with E-state index in [9.17, 15) is 9.59 Å². The highest BCUT2D eigenvalue weighted by molar-refractivity contribution is 5.98. The van der Waals surface area contributed by atoms with Crippen LogP contribution in [0.5, 0.6) is 0 Å². The zero-order chi connectivity index (χ0) is 20.0. The molecule has 0 spiro atoms. The zero-order valence-electron chi connectivity index (χ0n) is 15.8. The molecule has 1 heterocycles. The van der Waals surface area contributed by atoms with Crippen LogP contribution in [0.1, 0.15) is 18.1 Å². The lowest BCUT2D eigenvalue weighted by Crippen LogP contribution is -2.54. The molecule has 0 saturated carbocycles. The lowest BCUT2D eigenvalue weighted by Gasteiger charge is -2.28. The molecule has 1 aliphatic heterocycles. The summed E-state index contributed by atoms with van der Waals surface area (Å²) in [7, 11) is 1.34. The van der Waals surface area contributed by atoms with Crippen molar-refractivity contribution < 1.29 is 19.1 Å². The van der Waals surface area contributed by atoms with Gasteiger partial charge in [0.15, 0.2) is 5.54 Å². The van der Waals surface area contributed by atoms with E-state index in [1.165, 1.54) is 7.11 Å². The van der Waals surface area contributed by atoms with Crippen molar-refractivity contribution in [3.05, 3.63) is 71.8 Å². The van der Waals surface area contributed by atoms with Gasteiger partial charge in [0.25, 0.3) is 0 Å². The van der Waals surface area contributed by atoms with Gasteiger partial charge in [0, 0.05) is 0 Å². The predicted octanol–water partition coefficient (Wildman–Crippen LogP) is 2.37. The molecule has 2 unspecified atom stereocenters. The zero-order valence-corrected chi connectivity index (χ0v) is 15.8. The normalized spacial score (nSPS) is 19.1. The summed E-state index contributed by atoms with van der Waals surface area (Å²) >= 11 is 0. The fourth-order valence-electron chi connectivity index (χ4n) is 3.05. The van der Waals surface area contributed by atoms with E-state index in [-0.39, 0.29) is 13.2 Å². The lowest BCUT2D eigenvalue weighted by atomic mass is 9.90. The summed E-state index contributed by atoms with van der Waals surface area (Å²) in [5.74, 6) is 0.0576. The van der Waals surface area contributed by atoms with Crippen LogP contribution < -0.4 is 10.6 Å².